The number of carboxylic acid groups (broad SMARTS) is 1. The smallest absolute Gasteiger partial charge is 0.355 e. The van der Waals surface area contributed by atoms with Gasteiger partial charge in [-0.15, -0.1) is 11.3 Å². The summed E-state index contributed by atoms with van der Waals surface area (Å²) in [6.45, 7) is 1.88. The van der Waals surface area contributed by atoms with Crippen molar-refractivity contribution in [1.82, 2.24) is 15.2 Å². The van der Waals surface area contributed by atoms with E-state index in [1.807, 2.05) is 0 Å². The molecule has 0 atom stereocenters. The van der Waals surface area contributed by atoms with Crippen molar-refractivity contribution in [2.24, 2.45) is 0 Å². The Bertz CT molecular complexity index is 426. The van der Waals surface area contributed by atoms with Gasteiger partial charge in [-0.1, -0.05) is 0 Å². The summed E-state index contributed by atoms with van der Waals surface area (Å²) in [5.41, 5.74) is 0.0282. The molecule has 1 aromatic rings. The Morgan fingerprint density at radius 3 is 2.76 bits per heavy atom. The molecule has 0 aliphatic carbocycles. The van der Waals surface area contributed by atoms with Gasteiger partial charge in [0, 0.05) is 18.5 Å². The highest BCUT2D eigenvalue weighted by Crippen LogP contribution is 2.11. The van der Waals surface area contributed by atoms with Gasteiger partial charge in [-0.3, -0.25) is 0 Å². The minimum absolute atomic E-state index is 0.0282. The Kier molecular flexibility index (Phi) is 3.58. The lowest BCUT2D eigenvalue weighted by Gasteiger charge is -2.15. The van der Waals surface area contributed by atoms with E-state index < -0.39 is 5.97 Å². The van der Waals surface area contributed by atoms with Crippen LogP contribution in [0.15, 0.2) is 5.38 Å². The number of aromatic nitrogens is 1. The number of carbonyl (C=O) groups excluding carboxylic acids is 1. The average molecular weight is 255 g/mol. The summed E-state index contributed by atoms with van der Waals surface area (Å²) in [5, 5.41) is 13.5. The molecule has 2 amide bonds. The fraction of sp³-hybridized carbons (Fsp3) is 0.500. The fourth-order valence-corrected chi connectivity index (χ4v) is 2.38. The Balaban J connectivity index is 1.84. The minimum atomic E-state index is -1.04. The van der Waals surface area contributed by atoms with E-state index in [2.05, 4.69) is 10.3 Å². The molecule has 2 heterocycles. The lowest BCUT2D eigenvalue weighted by atomic mass is 10.4. The third-order valence-electron chi connectivity index (χ3n) is 2.55. The fourth-order valence-electron chi connectivity index (χ4n) is 1.67. The number of carboxylic acids is 1. The summed E-state index contributed by atoms with van der Waals surface area (Å²) in [6.07, 6.45) is 2.10. The predicted molar refractivity (Wildman–Crippen MR) is 62.1 cm³/mol. The van der Waals surface area contributed by atoms with Crippen LogP contribution in [0.2, 0.25) is 0 Å². The Hall–Kier alpha value is -1.63. The quantitative estimate of drug-likeness (QED) is 0.848. The monoisotopic (exact) mass is 255 g/mol. The summed E-state index contributed by atoms with van der Waals surface area (Å²) < 4.78 is 0. The van der Waals surface area contributed by atoms with Crippen LogP contribution >= 0.6 is 11.3 Å². The zero-order valence-electron chi connectivity index (χ0n) is 9.18. The standard InChI is InChI=1S/C10H13N3O3S/c14-9(15)7-6-17-8(12-7)5-11-10(16)13-3-1-2-4-13/h6H,1-5H2,(H,11,16)(H,14,15). The van der Waals surface area contributed by atoms with Crippen LogP contribution in [0.25, 0.3) is 0 Å². The summed E-state index contributed by atoms with van der Waals surface area (Å²) >= 11 is 1.24. The maximum atomic E-state index is 11.6. The van der Waals surface area contributed by atoms with Crippen LogP contribution in [0, 0.1) is 0 Å². The van der Waals surface area contributed by atoms with Crippen LogP contribution in [-0.4, -0.2) is 40.1 Å². The van der Waals surface area contributed by atoms with Crippen LogP contribution in [-0.2, 0) is 6.54 Å². The van der Waals surface area contributed by atoms with Gasteiger partial charge in [0.15, 0.2) is 5.69 Å². The van der Waals surface area contributed by atoms with E-state index in [1.165, 1.54) is 16.7 Å². The molecule has 0 unspecified atom stereocenters. The van der Waals surface area contributed by atoms with Crippen molar-refractivity contribution in [3.05, 3.63) is 16.1 Å². The van der Waals surface area contributed by atoms with E-state index in [0.29, 0.717) is 5.01 Å². The molecular weight excluding hydrogens is 242 g/mol. The van der Waals surface area contributed by atoms with Crippen molar-refractivity contribution in [2.75, 3.05) is 13.1 Å². The normalized spacial score (nSPS) is 14.9. The first kappa shape index (κ1) is 11.8. The molecule has 2 rings (SSSR count). The molecule has 1 aliphatic heterocycles. The second-order valence-electron chi connectivity index (χ2n) is 3.78. The first-order valence-corrected chi connectivity index (χ1v) is 6.25. The Morgan fingerprint density at radius 1 is 1.47 bits per heavy atom. The van der Waals surface area contributed by atoms with E-state index in [9.17, 15) is 9.59 Å². The van der Waals surface area contributed by atoms with Crippen molar-refractivity contribution in [2.45, 2.75) is 19.4 Å². The number of thiazole rings is 1. The molecule has 92 valence electrons. The zero-order chi connectivity index (χ0) is 12.3. The Morgan fingerprint density at radius 2 is 2.18 bits per heavy atom. The van der Waals surface area contributed by atoms with Crippen molar-refractivity contribution in [1.29, 1.82) is 0 Å². The molecule has 1 saturated heterocycles. The van der Waals surface area contributed by atoms with Crippen LogP contribution < -0.4 is 5.32 Å². The molecular formula is C10H13N3O3S. The molecule has 6 nitrogen and oxygen atoms in total. The number of carbonyl (C=O) groups is 2. The number of aromatic carboxylic acids is 1. The predicted octanol–water partition coefficient (Wildman–Crippen LogP) is 1.15. The van der Waals surface area contributed by atoms with Gasteiger partial charge in [0.05, 0.1) is 6.54 Å². The third kappa shape index (κ3) is 2.94. The molecule has 0 bridgehead atoms. The van der Waals surface area contributed by atoms with Crippen LogP contribution in [0.4, 0.5) is 4.79 Å². The average Bonchev–Trinajstić information content (AvgIpc) is 2.97. The molecule has 1 aromatic heterocycles. The maximum Gasteiger partial charge on any atom is 0.355 e. The maximum absolute atomic E-state index is 11.6. The van der Waals surface area contributed by atoms with Crippen LogP contribution in [0.1, 0.15) is 28.3 Å². The van der Waals surface area contributed by atoms with E-state index >= 15 is 0 Å². The highest BCUT2D eigenvalue weighted by atomic mass is 32.1. The second-order valence-corrected chi connectivity index (χ2v) is 4.73. The molecule has 0 radical (unpaired) electrons. The van der Waals surface area contributed by atoms with Crippen LogP contribution in [0.3, 0.4) is 0 Å². The number of nitrogens with one attached hydrogen (secondary N) is 1. The second kappa shape index (κ2) is 5.13. The van der Waals surface area contributed by atoms with Crippen molar-refractivity contribution in [3.63, 3.8) is 0 Å². The highest BCUT2D eigenvalue weighted by Gasteiger charge is 2.17. The van der Waals surface area contributed by atoms with E-state index in [1.54, 1.807) is 4.90 Å². The summed E-state index contributed by atoms with van der Waals surface area (Å²) in [6, 6.07) is -0.102. The molecule has 17 heavy (non-hydrogen) atoms. The Labute approximate surface area is 102 Å². The molecule has 0 spiro atoms. The lowest BCUT2D eigenvalue weighted by molar-refractivity contribution is 0.0691. The number of rotatable bonds is 3. The number of hydrogen-bond acceptors (Lipinski definition) is 4. The first-order valence-electron chi connectivity index (χ1n) is 5.37. The molecule has 1 aliphatic rings. The lowest BCUT2D eigenvalue weighted by Crippen LogP contribution is -2.37. The van der Waals surface area contributed by atoms with E-state index in [-0.39, 0.29) is 18.3 Å². The van der Waals surface area contributed by atoms with Gasteiger partial charge in [0.2, 0.25) is 0 Å². The van der Waals surface area contributed by atoms with Gasteiger partial charge in [-0.05, 0) is 12.8 Å². The zero-order valence-corrected chi connectivity index (χ0v) is 10.00. The van der Waals surface area contributed by atoms with Crippen molar-refractivity contribution in [3.8, 4) is 0 Å². The molecule has 1 fully saturated rings. The molecule has 2 N–H and O–H groups in total. The summed E-state index contributed by atoms with van der Waals surface area (Å²) in [4.78, 5) is 27.9. The van der Waals surface area contributed by atoms with Gasteiger partial charge in [0.1, 0.15) is 5.01 Å². The van der Waals surface area contributed by atoms with Crippen molar-refractivity contribution < 1.29 is 14.7 Å². The first-order chi connectivity index (χ1) is 8.16. The van der Waals surface area contributed by atoms with Gasteiger partial charge < -0.3 is 15.3 Å². The summed E-state index contributed by atoms with van der Waals surface area (Å²) in [5.74, 6) is -1.04. The van der Waals surface area contributed by atoms with E-state index in [4.69, 9.17) is 5.11 Å². The largest absolute Gasteiger partial charge is 0.476 e. The number of urea groups is 1. The number of hydrogen-bond donors (Lipinski definition) is 2. The SMILES string of the molecule is O=C(O)c1csc(CNC(=O)N2CCCC2)n1. The third-order valence-corrected chi connectivity index (χ3v) is 3.40. The number of likely N-dealkylation sites (tertiary alicyclic amines) is 1. The van der Waals surface area contributed by atoms with E-state index in [0.717, 1.165) is 25.9 Å². The van der Waals surface area contributed by atoms with Gasteiger partial charge in [-0.2, -0.15) is 0 Å². The molecule has 0 aromatic carbocycles. The van der Waals surface area contributed by atoms with Crippen LogP contribution in [0.5, 0.6) is 0 Å². The minimum Gasteiger partial charge on any atom is -0.476 e. The van der Waals surface area contributed by atoms with Gasteiger partial charge in [-0.25, -0.2) is 14.6 Å². The van der Waals surface area contributed by atoms with Crippen molar-refractivity contribution >= 4 is 23.3 Å². The van der Waals surface area contributed by atoms with Gasteiger partial charge >= 0.3 is 12.0 Å². The van der Waals surface area contributed by atoms with Gasteiger partial charge in [0.25, 0.3) is 0 Å². The number of amides is 2. The summed E-state index contributed by atoms with van der Waals surface area (Å²) in [7, 11) is 0. The topological polar surface area (TPSA) is 82.5 Å². The molecule has 7 heteroatoms. The highest BCUT2D eigenvalue weighted by molar-refractivity contribution is 7.09. The molecule has 0 saturated carbocycles. The number of nitrogens with zero attached hydrogens (tertiary/aromatic N) is 2.